The fourth-order valence-corrected chi connectivity index (χ4v) is 4.11. The zero-order valence-corrected chi connectivity index (χ0v) is 21.2. The molecule has 0 N–H and O–H groups in total. The molecular formula is C30H31N3O3. The second-order valence-corrected chi connectivity index (χ2v) is 9.76. The van der Waals surface area contributed by atoms with Crippen molar-refractivity contribution in [3.8, 4) is 22.9 Å². The number of nitrogens with zero attached hydrogens (tertiary/aromatic N) is 3. The van der Waals surface area contributed by atoms with Crippen molar-refractivity contribution in [1.82, 2.24) is 9.55 Å². The van der Waals surface area contributed by atoms with Gasteiger partial charge in [-0.15, -0.1) is 0 Å². The Morgan fingerprint density at radius 2 is 1.78 bits per heavy atom. The molecule has 0 saturated carbocycles. The van der Waals surface area contributed by atoms with Crippen LogP contribution in [0.15, 0.2) is 66.7 Å². The van der Waals surface area contributed by atoms with Gasteiger partial charge in [-0.1, -0.05) is 61.9 Å². The minimum absolute atomic E-state index is 0.450. The molecule has 0 bridgehead atoms. The molecule has 184 valence electrons. The van der Waals surface area contributed by atoms with Crippen LogP contribution in [-0.4, -0.2) is 21.3 Å². The first-order valence-electron chi connectivity index (χ1n) is 12.3. The standard InChI is InChI=1S/C30H31N3O3/c1-5-6-14-27-32-28-23(19-31)10-9-12-25(28)33(27)20-21-15-17-22(18-16-21)24-11-7-8-13-26(24)35-29(34)36-30(2,3)4/h7-13,15-18H,5-6,14,20H2,1-4H3. The number of carbonyl (C=O) groups is 1. The number of ether oxygens (including phenoxy) is 2. The van der Waals surface area contributed by atoms with Gasteiger partial charge in [-0.3, -0.25) is 0 Å². The molecule has 4 aromatic rings. The molecule has 0 unspecified atom stereocenters. The molecular weight excluding hydrogens is 450 g/mol. The van der Waals surface area contributed by atoms with Crippen molar-refractivity contribution in [2.75, 3.05) is 0 Å². The van der Waals surface area contributed by atoms with Gasteiger partial charge in [0.2, 0.25) is 0 Å². The van der Waals surface area contributed by atoms with E-state index in [2.05, 4.69) is 29.7 Å². The summed E-state index contributed by atoms with van der Waals surface area (Å²) < 4.78 is 13.0. The maximum atomic E-state index is 12.2. The predicted molar refractivity (Wildman–Crippen MR) is 141 cm³/mol. The lowest BCUT2D eigenvalue weighted by molar-refractivity contribution is 0.0207. The van der Waals surface area contributed by atoms with Crippen LogP contribution in [0, 0.1) is 11.3 Å². The molecule has 0 fully saturated rings. The molecule has 0 aliphatic rings. The Labute approximate surface area is 212 Å². The van der Waals surface area contributed by atoms with Crippen LogP contribution in [-0.2, 0) is 17.7 Å². The largest absolute Gasteiger partial charge is 0.514 e. The van der Waals surface area contributed by atoms with E-state index in [4.69, 9.17) is 14.5 Å². The van der Waals surface area contributed by atoms with Gasteiger partial charge in [0.05, 0.1) is 11.1 Å². The predicted octanol–water partition coefficient (Wildman–Crippen LogP) is 7.28. The second-order valence-electron chi connectivity index (χ2n) is 9.76. The topological polar surface area (TPSA) is 77.1 Å². The smallest absolute Gasteiger partial charge is 0.428 e. The maximum Gasteiger partial charge on any atom is 0.514 e. The van der Waals surface area contributed by atoms with E-state index in [-0.39, 0.29) is 0 Å². The van der Waals surface area contributed by atoms with Gasteiger partial charge in [0.1, 0.15) is 28.8 Å². The molecule has 1 heterocycles. The van der Waals surface area contributed by atoms with Crippen LogP contribution in [0.5, 0.6) is 5.75 Å². The Bertz CT molecular complexity index is 1410. The Morgan fingerprint density at radius 3 is 2.47 bits per heavy atom. The van der Waals surface area contributed by atoms with Crippen molar-refractivity contribution in [2.45, 2.75) is 59.1 Å². The Morgan fingerprint density at radius 1 is 1.03 bits per heavy atom. The summed E-state index contributed by atoms with van der Waals surface area (Å²) in [6.07, 6.45) is 2.26. The summed E-state index contributed by atoms with van der Waals surface area (Å²) in [4.78, 5) is 17.1. The van der Waals surface area contributed by atoms with Crippen LogP contribution in [0.4, 0.5) is 4.79 Å². The average molecular weight is 482 g/mol. The number of fused-ring (bicyclic) bond motifs is 1. The number of aromatic nitrogens is 2. The Balaban J connectivity index is 1.61. The van der Waals surface area contributed by atoms with E-state index in [0.717, 1.165) is 52.8 Å². The monoisotopic (exact) mass is 481 g/mol. The van der Waals surface area contributed by atoms with Gasteiger partial charge >= 0.3 is 6.16 Å². The minimum atomic E-state index is -0.727. The fourth-order valence-electron chi connectivity index (χ4n) is 4.11. The molecule has 0 aliphatic carbocycles. The lowest BCUT2D eigenvalue weighted by atomic mass is 10.0. The van der Waals surface area contributed by atoms with Gasteiger partial charge < -0.3 is 14.0 Å². The van der Waals surface area contributed by atoms with Crippen molar-refractivity contribution in [3.63, 3.8) is 0 Å². The highest BCUT2D eigenvalue weighted by Gasteiger charge is 2.19. The first-order valence-corrected chi connectivity index (χ1v) is 12.3. The van der Waals surface area contributed by atoms with Gasteiger partial charge in [-0.05, 0) is 56.5 Å². The molecule has 36 heavy (non-hydrogen) atoms. The van der Waals surface area contributed by atoms with Gasteiger partial charge in [0, 0.05) is 18.5 Å². The molecule has 1 aromatic heterocycles. The van der Waals surface area contributed by atoms with E-state index in [1.54, 1.807) is 26.8 Å². The summed E-state index contributed by atoms with van der Waals surface area (Å²) in [7, 11) is 0. The fraction of sp³-hybridized carbons (Fsp3) is 0.300. The van der Waals surface area contributed by atoms with Crippen molar-refractivity contribution < 1.29 is 14.3 Å². The molecule has 0 amide bonds. The van der Waals surface area contributed by atoms with Crippen LogP contribution in [0.25, 0.3) is 22.2 Å². The van der Waals surface area contributed by atoms with E-state index in [1.807, 2.05) is 48.5 Å². The quantitative estimate of drug-likeness (QED) is 0.205. The summed E-state index contributed by atoms with van der Waals surface area (Å²) in [6.45, 7) is 8.23. The van der Waals surface area contributed by atoms with E-state index < -0.39 is 11.8 Å². The number of aryl methyl sites for hydroxylation is 1. The Kier molecular flexibility index (Phi) is 7.40. The first kappa shape index (κ1) is 25.0. The number of para-hydroxylation sites is 2. The third-order valence-corrected chi connectivity index (χ3v) is 5.81. The van der Waals surface area contributed by atoms with Crippen molar-refractivity contribution in [1.29, 1.82) is 5.26 Å². The molecule has 6 heteroatoms. The van der Waals surface area contributed by atoms with Crippen molar-refractivity contribution in [3.05, 3.63) is 83.7 Å². The van der Waals surface area contributed by atoms with Gasteiger partial charge in [0.15, 0.2) is 0 Å². The number of rotatable bonds is 7. The van der Waals surface area contributed by atoms with E-state index in [0.29, 0.717) is 17.9 Å². The number of unbranched alkanes of at least 4 members (excludes halogenated alkanes) is 1. The number of carbonyl (C=O) groups excluding carboxylic acids is 1. The third kappa shape index (κ3) is 5.75. The SMILES string of the molecule is CCCCc1nc2c(C#N)cccc2n1Cc1ccc(-c2ccccc2OC(=O)OC(C)(C)C)cc1. The average Bonchev–Trinajstić information content (AvgIpc) is 3.19. The van der Waals surface area contributed by atoms with E-state index >= 15 is 0 Å². The second kappa shape index (κ2) is 10.7. The summed E-state index contributed by atoms with van der Waals surface area (Å²) in [5.74, 6) is 1.45. The first-order chi connectivity index (χ1) is 17.3. The van der Waals surface area contributed by atoms with Crippen LogP contribution in [0.3, 0.4) is 0 Å². The van der Waals surface area contributed by atoms with Crippen LogP contribution >= 0.6 is 0 Å². The number of hydrogen-bond donors (Lipinski definition) is 0. The molecule has 4 rings (SSSR count). The summed E-state index contributed by atoms with van der Waals surface area (Å²) in [6, 6.07) is 23.6. The number of hydrogen-bond acceptors (Lipinski definition) is 5. The van der Waals surface area contributed by atoms with Crippen LogP contribution in [0.1, 0.15) is 57.5 Å². The highest BCUT2D eigenvalue weighted by Crippen LogP contribution is 2.31. The van der Waals surface area contributed by atoms with E-state index in [1.165, 1.54) is 0 Å². The van der Waals surface area contributed by atoms with Gasteiger partial charge in [-0.25, -0.2) is 9.78 Å². The van der Waals surface area contributed by atoms with Crippen LogP contribution < -0.4 is 4.74 Å². The molecule has 0 radical (unpaired) electrons. The van der Waals surface area contributed by atoms with Crippen molar-refractivity contribution in [2.24, 2.45) is 0 Å². The summed E-state index contributed by atoms with van der Waals surface area (Å²) in [5.41, 5.74) is 4.56. The number of nitriles is 1. The van der Waals surface area contributed by atoms with Gasteiger partial charge in [0.25, 0.3) is 0 Å². The van der Waals surface area contributed by atoms with Crippen molar-refractivity contribution >= 4 is 17.2 Å². The molecule has 0 spiro atoms. The normalized spacial score (nSPS) is 11.3. The summed E-state index contributed by atoms with van der Waals surface area (Å²) >= 11 is 0. The lowest BCUT2D eigenvalue weighted by Crippen LogP contribution is -2.26. The highest BCUT2D eigenvalue weighted by molar-refractivity contribution is 5.82. The maximum absolute atomic E-state index is 12.2. The molecule has 0 atom stereocenters. The summed E-state index contributed by atoms with van der Waals surface area (Å²) in [5, 5.41) is 9.53. The Hall–Kier alpha value is -4.11. The molecule has 0 aliphatic heterocycles. The lowest BCUT2D eigenvalue weighted by Gasteiger charge is -2.19. The zero-order chi connectivity index (χ0) is 25.7. The number of benzene rings is 3. The number of imidazole rings is 1. The molecule has 3 aromatic carbocycles. The minimum Gasteiger partial charge on any atom is -0.428 e. The highest BCUT2D eigenvalue weighted by atomic mass is 16.7. The molecule has 0 saturated heterocycles. The van der Waals surface area contributed by atoms with Crippen LogP contribution in [0.2, 0.25) is 0 Å². The van der Waals surface area contributed by atoms with Gasteiger partial charge in [-0.2, -0.15) is 5.26 Å². The zero-order valence-electron chi connectivity index (χ0n) is 21.2. The molecule has 6 nitrogen and oxygen atoms in total. The van der Waals surface area contributed by atoms with E-state index in [9.17, 15) is 10.1 Å². The third-order valence-electron chi connectivity index (χ3n) is 5.81.